The zero-order chi connectivity index (χ0) is 31.8. The van der Waals surface area contributed by atoms with Gasteiger partial charge in [0.25, 0.3) is 5.91 Å². The van der Waals surface area contributed by atoms with Gasteiger partial charge in [-0.3, -0.25) is 18.9 Å². The van der Waals surface area contributed by atoms with Gasteiger partial charge in [-0.15, -0.1) is 0 Å². The summed E-state index contributed by atoms with van der Waals surface area (Å²) in [6.45, 7) is 7.31. The predicted molar refractivity (Wildman–Crippen MR) is 163 cm³/mol. The standard InChI is InChI=1S/C33H35FN4O6/c1-19-14-20(6-10-24(19)31(41)36-23-8-9-23)27-17-35-30-26(37(12-13-43-5)32(42)44-33(2,3)4)15-21(18-38(27)30)29(40)25-16-22(34)7-11-28(25)39/h6-7,10-11,14-18,23,39H,8-9,12-13H2,1-5H3,(H,36,41). The molecule has 2 N–H and O–H groups in total. The van der Waals surface area contributed by atoms with Crippen molar-refractivity contribution in [3.05, 3.63) is 82.9 Å². The second-order valence-electron chi connectivity index (χ2n) is 11.8. The number of hydrogen-bond acceptors (Lipinski definition) is 7. The lowest BCUT2D eigenvalue weighted by Gasteiger charge is -2.28. The van der Waals surface area contributed by atoms with E-state index in [9.17, 15) is 23.9 Å². The van der Waals surface area contributed by atoms with Gasteiger partial charge in [-0.05, 0) is 82.5 Å². The van der Waals surface area contributed by atoms with E-state index < -0.39 is 23.3 Å². The van der Waals surface area contributed by atoms with Crippen molar-refractivity contribution >= 4 is 29.1 Å². The summed E-state index contributed by atoms with van der Waals surface area (Å²) in [6.07, 6.45) is 4.41. The number of aryl methyl sites for hydroxylation is 1. The number of aromatic hydroxyl groups is 1. The lowest BCUT2D eigenvalue weighted by molar-refractivity contribution is 0.0569. The number of carbonyl (C=O) groups is 3. The molecule has 44 heavy (non-hydrogen) atoms. The molecule has 0 spiro atoms. The van der Waals surface area contributed by atoms with Gasteiger partial charge in [-0.25, -0.2) is 14.2 Å². The minimum atomic E-state index is -0.814. The highest BCUT2D eigenvalue weighted by Crippen LogP contribution is 2.32. The Bertz CT molecular complexity index is 1760. The van der Waals surface area contributed by atoms with Crippen LogP contribution in [-0.2, 0) is 9.47 Å². The third-order valence-corrected chi connectivity index (χ3v) is 7.15. The zero-order valence-electron chi connectivity index (χ0n) is 25.3. The van der Waals surface area contributed by atoms with Crippen LogP contribution >= 0.6 is 0 Å². The summed E-state index contributed by atoms with van der Waals surface area (Å²) in [5.74, 6) is -1.87. The van der Waals surface area contributed by atoms with Crippen molar-refractivity contribution in [1.82, 2.24) is 14.7 Å². The normalized spacial score (nSPS) is 13.1. The van der Waals surface area contributed by atoms with Gasteiger partial charge in [-0.1, -0.05) is 6.07 Å². The number of rotatable bonds is 9. The summed E-state index contributed by atoms with van der Waals surface area (Å²) in [6, 6.07) is 10.2. The van der Waals surface area contributed by atoms with Gasteiger partial charge in [0, 0.05) is 36.0 Å². The first-order valence-electron chi connectivity index (χ1n) is 14.3. The fourth-order valence-corrected chi connectivity index (χ4v) is 4.83. The van der Waals surface area contributed by atoms with E-state index in [4.69, 9.17) is 9.47 Å². The third kappa shape index (κ3) is 6.57. The Hall–Kier alpha value is -4.77. The Labute approximate surface area is 254 Å². The van der Waals surface area contributed by atoms with E-state index in [2.05, 4.69) is 10.3 Å². The van der Waals surface area contributed by atoms with E-state index in [0.717, 1.165) is 36.6 Å². The summed E-state index contributed by atoms with van der Waals surface area (Å²) < 4.78 is 26.7. The summed E-state index contributed by atoms with van der Waals surface area (Å²) in [5, 5.41) is 13.4. The van der Waals surface area contributed by atoms with Gasteiger partial charge in [0.2, 0.25) is 0 Å². The topological polar surface area (TPSA) is 122 Å². The Morgan fingerprint density at radius 1 is 1.11 bits per heavy atom. The summed E-state index contributed by atoms with van der Waals surface area (Å²) in [4.78, 5) is 45.9. The molecule has 1 saturated carbocycles. The molecule has 10 nitrogen and oxygen atoms in total. The van der Waals surface area contributed by atoms with Crippen molar-refractivity contribution in [2.75, 3.05) is 25.2 Å². The number of nitrogens with one attached hydrogen (secondary N) is 1. The van der Waals surface area contributed by atoms with Gasteiger partial charge < -0.3 is 19.9 Å². The van der Waals surface area contributed by atoms with Crippen LogP contribution in [0.5, 0.6) is 5.75 Å². The number of amides is 2. The lowest BCUT2D eigenvalue weighted by atomic mass is 10.0. The fourth-order valence-electron chi connectivity index (χ4n) is 4.83. The summed E-state index contributed by atoms with van der Waals surface area (Å²) in [5.41, 5.74) is 2.21. The first kappa shape index (κ1) is 30.7. The Kier molecular flexibility index (Phi) is 8.42. The minimum absolute atomic E-state index is 0.0655. The predicted octanol–water partition coefficient (Wildman–Crippen LogP) is 5.67. The molecule has 230 valence electrons. The van der Waals surface area contributed by atoms with Crippen molar-refractivity contribution in [3.63, 3.8) is 0 Å². The first-order chi connectivity index (χ1) is 20.9. The molecule has 0 radical (unpaired) electrons. The van der Waals surface area contributed by atoms with Gasteiger partial charge >= 0.3 is 6.09 Å². The van der Waals surface area contributed by atoms with E-state index in [1.165, 1.54) is 24.3 Å². The SMILES string of the molecule is COCCN(C(=O)OC(C)(C)C)c1cc(C(=O)c2cc(F)ccc2O)cn2c(-c3ccc(C(=O)NC4CC4)c(C)c3)cnc12. The average molecular weight is 603 g/mol. The number of ketones is 1. The Morgan fingerprint density at radius 3 is 2.52 bits per heavy atom. The molecular weight excluding hydrogens is 567 g/mol. The van der Waals surface area contributed by atoms with Crippen molar-refractivity contribution in [1.29, 1.82) is 0 Å². The number of anilines is 1. The van der Waals surface area contributed by atoms with Crippen LogP contribution in [0.2, 0.25) is 0 Å². The minimum Gasteiger partial charge on any atom is -0.507 e. The van der Waals surface area contributed by atoms with Crippen LogP contribution in [-0.4, -0.2) is 64.2 Å². The van der Waals surface area contributed by atoms with Crippen LogP contribution < -0.4 is 10.2 Å². The molecule has 0 saturated heterocycles. The highest BCUT2D eigenvalue weighted by atomic mass is 19.1. The molecule has 2 aromatic heterocycles. The number of carbonyl (C=O) groups excluding carboxylic acids is 3. The first-order valence-corrected chi connectivity index (χ1v) is 14.3. The molecule has 2 heterocycles. The van der Waals surface area contributed by atoms with E-state index >= 15 is 0 Å². The third-order valence-electron chi connectivity index (χ3n) is 7.15. The number of halogens is 1. The van der Waals surface area contributed by atoms with Crippen molar-refractivity contribution in [3.8, 4) is 17.0 Å². The summed E-state index contributed by atoms with van der Waals surface area (Å²) in [7, 11) is 1.50. The molecule has 2 amide bonds. The number of benzene rings is 2. The number of fused-ring (bicyclic) bond motifs is 1. The highest BCUT2D eigenvalue weighted by Gasteiger charge is 2.29. The molecule has 11 heteroatoms. The number of nitrogens with zero attached hydrogens (tertiary/aromatic N) is 3. The molecule has 0 atom stereocenters. The molecule has 2 aromatic carbocycles. The maximum atomic E-state index is 14.1. The van der Waals surface area contributed by atoms with Crippen molar-refractivity contribution < 1.29 is 33.4 Å². The van der Waals surface area contributed by atoms with Gasteiger partial charge in [0.15, 0.2) is 11.4 Å². The van der Waals surface area contributed by atoms with Crippen LogP contribution in [0.4, 0.5) is 14.9 Å². The number of ether oxygens (including phenoxy) is 2. The number of imidazole rings is 1. The number of hydrogen-bond donors (Lipinski definition) is 2. The molecule has 0 bridgehead atoms. The quantitative estimate of drug-likeness (QED) is 0.237. The van der Waals surface area contributed by atoms with E-state index in [1.807, 2.05) is 13.0 Å². The fraction of sp³-hybridized carbons (Fsp3) is 0.333. The molecular formula is C33H35FN4O6. The second kappa shape index (κ2) is 12.1. The van der Waals surface area contributed by atoms with E-state index in [0.29, 0.717) is 22.5 Å². The monoisotopic (exact) mass is 602 g/mol. The Morgan fingerprint density at radius 2 is 1.86 bits per heavy atom. The highest BCUT2D eigenvalue weighted by molar-refractivity contribution is 6.12. The number of phenolic OH excluding ortho intramolecular Hbond substituents is 1. The average Bonchev–Trinajstić information content (AvgIpc) is 3.67. The zero-order valence-corrected chi connectivity index (χ0v) is 25.3. The van der Waals surface area contributed by atoms with Crippen LogP contribution in [0.25, 0.3) is 16.9 Å². The van der Waals surface area contributed by atoms with Crippen molar-refractivity contribution in [2.45, 2.75) is 52.2 Å². The summed E-state index contributed by atoms with van der Waals surface area (Å²) >= 11 is 0. The van der Waals surface area contributed by atoms with Crippen LogP contribution in [0, 0.1) is 12.7 Å². The van der Waals surface area contributed by atoms with Gasteiger partial charge in [0.05, 0.1) is 36.3 Å². The Balaban J connectivity index is 1.67. The molecule has 4 aromatic rings. The lowest BCUT2D eigenvalue weighted by Crippen LogP contribution is -2.39. The van der Waals surface area contributed by atoms with Gasteiger partial charge in [-0.2, -0.15) is 0 Å². The van der Waals surface area contributed by atoms with Crippen LogP contribution in [0.3, 0.4) is 0 Å². The largest absolute Gasteiger partial charge is 0.507 e. The van der Waals surface area contributed by atoms with Crippen molar-refractivity contribution in [2.24, 2.45) is 0 Å². The van der Waals surface area contributed by atoms with E-state index in [-0.39, 0.29) is 47.7 Å². The number of methoxy groups -OCH3 is 1. The maximum absolute atomic E-state index is 14.1. The van der Waals surface area contributed by atoms with E-state index in [1.54, 1.807) is 43.5 Å². The molecule has 1 aliphatic rings. The molecule has 0 unspecified atom stereocenters. The maximum Gasteiger partial charge on any atom is 0.415 e. The second-order valence-corrected chi connectivity index (χ2v) is 11.8. The number of pyridine rings is 1. The number of aromatic nitrogens is 2. The molecule has 1 fully saturated rings. The molecule has 1 aliphatic carbocycles. The smallest absolute Gasteiger partial charge is 0.415 e. The molecule has 5 rings (SSSR count). The van der Waals surface area contributed by atoms with Gasteiger partial charge in [0.1, 0.15) is 17.2 Å². The van der Waals surface area contributed by atoms with Crippen LogP contribution in [0.1, 0.15) is 65.5 Å². The molecule has 0 aliphatic heterocycles. The van der Waals surface area contributed by atoms with Crippen LogP contribution in [0.15, 0.2) is 54.9 Å². The number of phenols is 1.